The zero-order chi connectivity index (χ0) is 5.91. The lowest BCUT2D eigenvalue weighted by Crippen LogP contribution is -3.00. The fourth-order valence-electron chi connectivity index (χ4n) is 0.220. The highest BCUT2D eigenvalue weighted by molar-refractivity contribution is 8.01. The van der Waals surface area contributed by atoms with Gasteiger partial charge in [-0.25, -0.2) is 0 Å². The van der Waals surface area contributed by atoms with E-state index in [0.717, 1.165) is 0 Å². The van der Waals surface area contributed by atoms with Gasteiger partial charge in [0.05, 0.1) is 16.5 Å². The molecule has 0 aliphatic rings. The van der Waals surface area contributed by atoms with Crippen LogP contribution in [0.1, 0.15) is 0 Å². The van der Waals surface area contributed by atoms with Crippen LogP contribution >= 0.6 is 0 Å². The maximum absolute atomic E-state index is 10.6. The lowest BCUT2D eigenvalue weighted by Gasteiger charge is -1.93. The minimum absolute atomic E-state index is 0. The van der Waals surface area contributed by atoms with Crippen molar-refractivity contribution in [3.05, 3.63) is 0 Å². The molecule has 0 aromatic heterocycles. The van der Waals surface area contributed by atoms with Gasteiger partial charge in [0, 0.05) is 0 Å². The molecule has 0 bridgehead atoms. The van der Waals surface area contributed by atoms with E-state index in [1.165, 1.54) is 0 Å². The first kappa shape index (κ1) is 11.2. The van der Waals surface area contributed by atoms with Gasteiger partial charge in [-0.15, -0.1) is 4.21 Å². The van der Waals surface area contributed by atoms with Crippen LogP contribution in [0.15, 0.2) is 0 Å². The quantitative estimate of drug-likeness (QED) is 0.429. The van der Waals surface area contributed by atoms with E-state index in [1.54, 1.807) is 12.5 Å². The van der Waals surface area contributed by atoms with Crippen molar-refractivity contribution in [3.63, 3.8) is 0 Å². The van der Waals surface area contributed by atoms with Crippen molar-refractivity contribution in [2.75, 3.05) is 24.9 Å². The number of aliphatic hydroxyl groups is 1. The Labute approximate surface area is 57.1 Å². The van der Waals surface area contributed by atoms with Gasteiger partial charge >= 0.3 is 0 Å². The van der Waals surface area contributed by atoms with Gasteiger partial charge in [-0.05, 0) is 0 Å². The first-order valence-electron chi connectivity index (χ1n) is 2.09. The Kier molecular flexibility index (Phi) is 6.03. The van der Waals surface area contributed by atoms with Crippen LogP contribution in [0.2, 0.25) is 0 Å². The highest BCUT2D eigenvalue weighted by atomic mass is 35.5. The van der Waals surface area contributed by atoms with E-state index in [2.05, 4.69) is 0 Å². The van der Waals surface area contributed by atoms with E-state index < -0.39 is 9.93 Å². The Bertz CT molecular complexity index is 88.0. The summed E-state index contributed by atoms with van der Waals surface area (Å²) in [6, 6.07) is 0. The molecule has 0 amide bonds. The highest BCUT2D eigenvalue weighted by Gasteiger charge is 2.08. The molecule has 0 fully saturated rings. The van der Waals surface area contributed by atoms with Crippen molar-refractivity contribution in [2.45, 2.75) is 0 Å². The smallest absolute Gasteiger partial charge is 0.134 e. The summed E-state index contributed by atoms with van der Waals surface area (Å²) in [5.41, 5.74) is 0. The average Bonchev–Trinajstić information content (AvgIpc) is 1.30. The molecule has 0 rings (SSSR count). The van der Waals surface area contributed by atoms with Gasteiger partial charge in [0.25, 0.3) is 0 Å². The van der Waals surface area contributed by atoms with Gasteiger partial charge in [0.15, 0.2) is 0 Å². The molecule has 0 aliphatic carbocycles. The summed E-state index contributed by atoms with van der Waals surface area (Å²) < 4.78 is 10.6. The second-order valence-electron chi connectivity index (χ2n) is 1.86. The third kappa shape index (κ3) is 9.64. The van der Waals surface area contributed by atoms with Gasteiger partial charge in [0.2, 0.25) is 0 Å². The standard InChI is InChI=1S/C4H11O2S.ClH/c1-7(2,6)4-3-5;/h5H,3-4H2,1-2H3;1H/q+1;/p-1. The number of halogens is 1. The molecule has 0 aromatic rings. The second kappa shape index (κ2) is 4.30. The summed E-state index contributed by atoms with van der Waals surface area (Å²) in [7, 11) is -1.67. The maximum Gasteiger partial charge on any atom is 0.134 e. The lowest BCUT2D eigenvalue weighted by atomic mass is 10.9. The number of hydrogen-bond acceptors (Lipinski definition) is 2. The molecule has 0 heterocycles. The van der Waals surface area contributed by atoms with Crippen molar-refractivity contribution in [1.29, 1.82) is 0 Å². The molecule has 2 nitrogen and oxygen atoms in total. The van der Waals surface area contributed by atoms with Crippen LogP contribution in [0.5, 0.6) is 0 Å². The average molecular weight is 159 g/mol. The van der Waals surface area contributed by atoms with Gasteiger partial charge in [0.1, 0.15) is 18.3 Å². The molecule has 52 valence electrons. The SMILES string of the molecule is C[S+](C)(=O)CCO.[Cl-]. The van der Waals surface area contributed by atoms with Crippen LogP contribution in [0.25, 0.3) is 0 Å². The van der Waals surface area contributed by atoms with Crippen molar-refractivity contribution < 1.29 is 21.7 Å². The second-order valence-corrected chi connectivity index (χ2v) is 5.15. The van der Waals surface area contributed by atoms with Crippen LogP contribution < -0.4 is 12.4 Å². The summed E-state index contributed by atoms with van der Waals surface area (Å²) in [5, 5.41) is 8.22. The van der Waals surface area contributed by atoms with Crippen LogP contribution in [0, 0.1) is 0 Å². The molecule has 0 saturated heterocycles. The van der Waals surface area contributed by atoms with Gasteiger partial charge in [-0.1, -0.05) is 0 Å². The summed E-state index contributed by atoms with van der Waals surface area (Å²) in [6.07, 6.45) is 3.28. The summed E-state index contributed by atoms with van der Waals surface area (Å²) in [4.78, 5) is 0. The lowest BCUT2D eigenvalue weighted by molar-refractivity contribution is -0.00000434. The number of hydrogen-bond donors (Lipinski definition) is 1. The van der Waals surface area contributed by atoms with Crippen molar-refractivity contribution in [1.82, 2.24) is 0 Å². The number of rotatable bonds is 2. The minimum atomic E-state index is -1.67. The van der Waals surface area contributed by atoms with Crippen LogP contribution in [-0.4, -0.2) is 30.0 Å². The van der Waals surface area contributed by atoms with Gasteiger partial charge in [-0.2, -0.15) is 0 Å². The largest absolute Gasteiger partial charge is 1.00 e. The molecule has 4 heteroatoms. The molecule has 0 unspecified atom stereocenters. The Balaban J connectivity index is 0. The maximum atomic E-state index is 10.6. The van der Waals surface area contributed by atoms with Crippen LogP contribution in [0.3, 0.4) is 0 Å². The number of aliphatic hydroxyl groups excluding tert-OH is 1. The first-order valence-corrected chi connectivity index (χ1v) is 4.63. The molecule has 0 spiro atoms. The first-order chi connectivity index (χ1) is 3.06. The topological polar surface area (TPSA) is 37.3 Å². The molecule has 0 aromatic carbocycles. The summed E-state index contributed by atoms with van der Waals surface area (Å²) in [5.74, 6) is 0.424. The van der Waals surface area contributed by atoms with Crippen molar-refractivity contribution in [2.24, 2.45) is 0 Å². The zero-order valence-corrected chi connectivity index (χ0v) is 6.63. The summed E-state index contributed by atoms with van der Waals surface area (Å²) in [6.45, 7) is 0.0336. The van der Waals surface area contributed by atoms with E-state index in [4.69, 9.17) is 5.11 Å². The van der Waals surface area contributed by atoms with Crippen LogP contribution in [0.4, 0.5) is 0 Å². The fraction of sp³-hybridized carbons (Fsp3) is 1.00. The zero-order valence-electron chi connectivity index (χ0n) is 5.06. The molecule has 1 N–H and O–H groups in total. The molecule has 0 radical (unpaired) electrons. The Hall–Kier alpha value is 0.400. The molecule has 0 saturated carbocycles. The molecule has 0 aliphatic heterocycles. The predicted octanol–water partition coefficient (Wildman–Crippen LogP) is -3.26. The van der Waals surface area contributed by atoms with Crippen LogP contribution in [-0.2, 0) is 14.1 Å². The fourth-order valence-corrected chi connectivity index (χ4v) is 0.660. The van der Waals surface area contributed by atoms with E-state index in [-0.39, 0.29) is 19.0 Å². The van der Waals surface area contributed by atoms with Gasteiger partial charge < -0.3 is 17.5 Å². The highest BCUT2D eigenvalue weighted by Crippen LogP contribution is 1.89. The normalized spacial score (nSPS) is 10.4. The Morgan fingerprint density at radius 2 is 1.88 bits per heavy atom. The minimum Gasteiger partial charge on any atom is -1.00 e. The van der Waals surface area contributed by atoms with E-state index in [9.17, 15) is 4.21 Å². The molecule has 8 heavy (non-hydrogen) atoms. The van der Waals surface area contributed by atoms with E-state index >= 15 is 0 Å². The Morgan fingerprint density at radius 1 is 1.50 bits per heavy atom. The van der Waals surface area contributed by atoms with Crippen molar-refractivity contribution >= 4 is 9.93 Å². The Morgan fingerprint density at radius 3 is 1.88 bits per heavy atom. The third-order valence-electron chi connectivity index (χ3n) is 0.583. The summed E-state index contributed by atoms with van der Waals surface area (Å²) >= 11 is 0. The monoisotopic (exact) mass is 158 g/mol. The molecular formula is C4H11ClO2S. The van der Waals surface area contributed by atoms with Crippen molar-refractivity contribution in [3.8, 4) is 0 Å². The molecule has 0 atom stereocenters. The molecular weight excluding hydrogens is 148 g/mol. The van der Waals surface area contributed by atoms with E-state index in [1.807, 2.05) is 0 Å². The van der Waals surface area contributed by atoms with E-state index in [0.29, 0.717) is 5.75 Å². The van der Waals surface area contributed by atoms with Gasteiger partial charge in [-0.3, -0.25) is 0 Å². The predicted molar refractivity (Wildman–Crippen MR) is 31.9 cm³/mol. The third-order valence-corrected chi connectivity index (χ3v) is 1.75.